The Balaban J connectivity index is 2.23. The van der Waals surface area contributed by atoms with Crippen LogP contribution in [0.15, 0.2) is 44.5 Å². The Morgan fingerprint density at radius 2 is 1.81 bits per heavy atom. The topological polar surface area (TPSA) is 79.0 Å². The molecule has 0 atom stereocenters. The molecule has 0 saturated carbocycles. The smallest absolute Gasteiger partial charge is 0.252 e. The molecular weight excluding hydrogens is 356 g/mol. The van der Waals surface area contributed by atoms with E-state index in [1.165, 1.54) is 12.1 Å². The maximum absolute atomic E-state index is 12.2. The zero-order valence-electron chi connectivity index (χ0n) is 11.6. The molecule has 1 aromatic heterocycles. The van der Waals surface area contributed by atoms with Crippen LogP contribution < -0.4 is 10.3 Å². The van der Waals surface area contributed by atoms with E-state index in [1.54, 1.807) is 26.0 Å². The number of aryl methyl sites for hydroxylation is 2. The first-order valence-electron chi connectivity index (χ1n) is 6.24. The summed E-state index contributed by atoms with van der Waals surface area (Å²) in [6, 6.07) is 8.11. The fourth-order valence-electron chi connectivity index (χ4n) is 1.97. The third-order valence-electron chi connectivity index (χ3n) is 3.06. The fourth-order valence-corrected chi connectivity index (χ4v) is 3.23. The van der Waals surface area contributed by atoms with Gasteiger partial charge < -0.3 is 4.98 Å². The molecule has 112 valence electrons. The number of benzene rings is 1. The van der Waals surface area contributed by atoms with Crippen LogP contribution in [0.25, 0.3) is 0 Å². The lowest BCUT2D eigenvalue weighted by molar-refractivity contribution is 0.581. The quantitative estimate of drug-likeness (QED) is 0.865. The van der Waals surface area contributed by atoms with Gasteiger partial charge in [-0.1, -0.05) is 15.9 Å². The molecule has 7 heteroatoms. The van der Waals surface area contributed by atoms with E-state index in [0.29, 0.717) is 5.56 Å². The van der Waals surface area contributed by atoms with Crippen molar-refractivity contribution in [2.45, 2.75) is 25.3 Å². The van der Waals surface area contributed by atoms with Crippen LogP contribution in [0.4, 0.5) is 0 Å². The van der Waals surface area contributed by atoms with Crippen LogP contribution in [-0.4, -0.2) is 13.4 Å². The average molecular weight is 371 g/mol. The first kappa shape index (κ1) is 15.9. The summed E-state index contributed by atoms with van der Waals surface area (Å²) in [7, 11) is -3.64. The summed E-state index contributed by atoms with van der Waals surface area (Å²) in [5, 5.41) is 0. The lowest BCUT2D eigenvalue weighted by Gasteiger charge is -2.09. The minimum Gasteiger partial charge on any atom is -0.326 e. The lowest BCUT2D eigenvalue weighted by Crippen LogP contribution is -2.28. The van der Waals surface area contributed by atoms with Crippen molar-refractivity contribution in [3.63, 3.8) is 0 Å². The van der Waals surface area contributed by atoms with Gasteiger partial charge in [-0.2, -0.15) is 0 Å². The van der Waals surface area contributed by atoms with Gasteiger partial charge in [-0.3, -0.25) is 4.79 Å². The van der Waals surface area contributed by atoms with Crippen LogP contribution in [0, 0.1) is 13.8 Å². The molecule has 0 unspecified atom stereocenters. The number of aromatic amines is 1. The van der Waals surface area contributed by atoms with E-state index in [-0.39, 0.29) is 17.0 Å². The van der Waals surface area contributed by atoms with E-state index in [2.05, 4.69) is 25.6 Å². The summed E-state index contributed by atoms with van der Waals surface area (Å²) in [5.41, 5.74) is 1.65. The van der Waals surface area contributed by atoms with Gasteiger partial charge in [0.25, 0.3) is 5.56 Å². The number of rotatable bonds is 4. The summed E-state index contributed by atoms with van der Waals surface area (Å²) in [6.45, 7) is 3.52. The highest BCUT2D eigenvalue weighted by atomic mass is 79.9. The van der Waals surface area contributed by atoms with E-state index in [0.717, 1.165) is 15.7 Å². The second-order valence-corrected chi connectivity index (χ2v) is 7.40. The van der Waals surface area contributed by atoms with Crippen molar-refractivity contribution in [3.8, 4) is 0 Å². The highest BCUT2D eigenvalue weighted by molar-refractivity contribution is 9.10. The zero-order chi connectivity index (χ0) is 15.6. The van der Waals surface area contributed by atoms with Crippen LogP contribution >= 0.6 is 15.9 Å². The fraction of sp³-hybridized carbons (Fsp3) is 0.214. The second-order valence-electron chi connectivity index (χ2n) is 4.72. The van der Waals surface area contributed by atoms with E-state index in [9.17, 15) is 13.2 Å². The number of H-pyrrole nitrogens is 1. The maximum Gasteiger partial charge on any atom is 0.252 e. The van der Waals surface area contributed by atoms with Crippen LogP contribution in [0.5, 0.6) is 0 Å². The molecule has 1 heterocycles. The number of sulfonamides is 1. The molecule has 0 saturated heterocycles. The molecule has 2 aromatic rings. The van der Waals surface area contributed by atoms with Gasteiger partial charge in [0, 0.05) is 22.3 Å². The van der Waals surface area contributed by atoms with Gasteiger partial charge in [0.2, 0.25) is 10.0 Å². The number of hydrogen-bond acceptors (Lipinski definition) is 3. The molecule has 2 N–H and O–H groups in total. The highest BCUT2D eigenvalue weighted by Crippen LogP contribution is 2.15. The van der Waals surface area contributed by atoms with E-state index >= 15 is 0 Å². The third kappa shape index (κ3) is 3.81. The maximum atomic E-state index is 12.2. The Hall–Kier alpha value is -1.44. The van der Waals surface area contributed by atoms with Crippen molar-refractivity contribution in [1.29, 1.82) is 0 Å². The molecule has 21 heavy (non-hydrogen) atoms. The van der Waals surface area contributed by atoms with Crippen molar-refractivity contribution >= 4 is 26.0 Å². The van der Waals surface area contributed by atoms with Crippen molar-refractivity contribution in [1.82, 2.24) is 9.71 Å². The Morgan fingerprint density at radius 3 is 2.38 bits per heavy atom. The van der Waals surface area contributed by atoms with Gasteiger partial charge in [-0.05, 0) is 49.7 Å². The van der Waals surface area contributed by atoms with E-state index < -0.39 is 10.0 Å². The molecule has 0 aliphatic rings. The predicted molar refractivity (Wildman–Crippen MR) is 84.7 cm³/mol. The van der Waals surface area contributed by atoms with Crippen LogP contribution in [-0.2, 0) is 16.6 Å². The highest BCUT2D eigenvalue weighted by Gasteiger charge is 2.15. The first-order valence-corrected chi connectivity index (χ1v) is 8.52. The Kier molecular flexibility index (Phi) is 4.65. The molecular formula is C14H15BrN2O3S. The van der Waals surface area contributed by atoms with Crippen LogP contribution in [0.2, 0.25) is 0 Å². The van der Waals surface area contributed by atoms with E-state index in [1.807, 2.05) is 6.07 Å². The van der Waals surface area contributed by atoms with Crippen LogP contribution in [0.1, 0.15) is 16.8 Å². The number of nitrogens with one attached hydrogen (secondary N) is 2. The molecule has 2 rings (SSSR count). The van der Waals surface area contributed by atoms with Gasteiger partial charge in [0.15, 0.2) is 0 Å². The molecule has 0 aliphatic heterocycles. The third-order valence-corrected chi connectivity index (χ3v) is 5.00. The Labute approximate surface area is 131 Å². The largest absolute Gasteiger partial charge is 0.326 e. The summed E-state index contributed by atoms with van der Waals surface area (Å²) >= 11 is 3.25. The molecule has 5 nitrogen and oxygen atoms in total. The summed E-state index contributed by atoms with van der Waals surface area (Å²) in [5.74, 6) is 0. The first-order chi connectivity index (χ1) is 9.79. The van der Waals surface area contributed by atoms with Crippen molar-refractivity contribution in [2.75, 3.05) is 0 Å². The lowest BCUT2D eigenvalue weighted by atomic mass is 10.1. The van der Waals surface area contributed by atoms with E-state index in [4.69, 9.17) is 0 Å². The Bertz CT molecular complexity index is 811. The van der Waals surface area contributed by atoms with Crippen molar-refractivity contribution < 1.29 is 8.42 Å². The van der Waals surface area contributed by atoms with Gasteiger partial charge in [0.05, 0.1) is 4.90 Å². The summed E-state index contributed by atoms with van der Waals surface area (Å²) in [4.78, 5) is 14.7. The molecule has 0 fully saturated rings. The SMILES string of the molecule is Cc1cc(C)c(CNS(=O)(=O)c2ccc(Br)cc2)c(=O)[nH]1. The summed E-state index contributed by atoms with van der Waals surface area (Å²) in [6.07, 6.45) is 0. The van der Waals surface area contributed by atoms with Gasteiger partial charge in [-0.25, -0.2) is 13.1 Å². The number of pyridine rings is 1. The minimum absolute atomic E-state index is 0.0418. The predicted octanol–water partition coefficient (Wildman–Crippen LogP) is 2.23. The minimum atomic E-state index is -3.64. The molecule has 0 radical (unpaired) electrons. The zero-order valence-corrected chi connectivity index (χ0v) is 14.0. The second kappa shape index (κ2) is 6.13. The molecule has 0 amide bonds. The van der Waals surface area contributed by atoms with Crippen LogP contribution in [0.3, 0.4) is 0 Å². The Morgan fingerprint density at radius 1 is 1.19 bits per heavy atom. The molecule has 0 aliphatic carbocycles. The molecule has 0 spiro atoms. The number of aromatic nitrogens is 1. The van der Waals surface area contributed by atoms with Crippen molar-refractivity contribution in [2.24, 2.45) is 0 Å². The van der Waals surface area contributed by atoms with Gasteiger partial charge in [0.1, 0.15) is 0 Å². The van der Waals surface area contributed by atoms with Gasteiger partial charge in [-0.15, -0.1) is 0 Å². The number of hydrogen-bond donors (Lipinski definition) is 2. The number of halogens is 1. The average Bonchev–Trinajstić information content (AvgIpc) is 2.37. The van der Waals surface area contributed by atoms with Crippen molar-refractivity contribution in [3.05, 3.63) is 62.0 Å². The molecule has 1 aromatic carbocycles. The normalized spacial score (nSPS) is 11.6. The van der Waals surface area contributed by atoms with Gasteiger partial charge >= 0.3 is 0 Å². The standard InChI is InChI=1S/C14H15BrN2O3S/c1-9-7-10(2)17-14(18)13(9)8-16-21(19,20)12-5-3-11(15)4-6-12/h3-7,16H,8H2,1-2H3,(H,17,18). The summed E-state index contributed by atoms with van der Waals surface area (Å²) < 4.78 is 27.6. The molecule has 0 bridgehead atoms. The monoisotopic (exact) mass is 370 g/mol.